The fraction of sp³-hybridized carbons (Fsp3) is 0.167. The molecule has 0 saturated heterocycles. The van der Waals surface area contributed by atoms with Gasteiger partial charge in [0.05, 0.1) is 5.56 Å². The molecule has 1 unspecified atom stereocenters. The minimum atomic E-state index is -1.32. The summed E-state index contributed by atoms with van der Waals surface area (Å²) >= 11 is 3.26. The van der Waals surface area contributed by atoms with Gasteiger partial charge >= 0.3 is 17.9 Å². The normalized spacial score (nSPS) is 11.4. The van der Waals surface area contributed by atoms with Crippen molar-refractivity contribution < 1.29 is 23.9 Å². The van der Waals surface area contributed by atoms with E-state index in [1.54, 1.807) is 61.5 Å². The van der Waals surface area contributed by atoms with Gasteiger partial charge in [-0.15, -0.1) is 0 Å². The molecule has 0 aliphatic carbocycles. The smallest absolute Gasteiger partial charge is 0.359 e. The zero-order valence-electron chi connectivity index (χ0n) is 12.9. The molecule has 2 aromatic rings. The molecule has 6 heteroatoms. The first-order valence-electron chi connectivity index (χ1n) is 7.28. The van der Waals surface area contributed by atoms with Crippen molar-refractivity contribution in [2.45, 2.75) is 19.4 Å². The molecule has 0 spiro atoms. The van der Waals surface area contributed by atoms with Crippen LogP contribution in [0.15, 0.2) is 59.1 Å². The standard InChI is InChI=1S/C18H15BrO5/c1-2-15(20)23-18(22)16(12-8-4-3-5-9-12)24-17(21)13-10-6-7-11-14(13)19/h3-11,16H,2H2,1H3. The quantitative estimate of drug-likeness (QED) is 0.573. The van der Waals surface area contributed by atoms with E-state index in [0.29, 0.717) is 10.0 Å². The van der Waals surface area contributed by atoms with E-state index in [2.05, 4.69) is 15.9 Å². The highest BCUT2D eigenvalue weighted by Crippen LogP contribution is 2.24. The van der Waals surface area contributed by atoms with Crippen LogP contribution in [-0.4, -0.2) is 17.9 Å². The van der Waals surface area contributed by atoms with Crippen LogP contribution in [-0.2, 0) is 19.1 Å². The molecule has 0 saturated carbocycles. The van der Waals surface area contributed by atoms with Crippen LogP contribution in [0.3, 0.4) is 0 Å². The van der Waals surface area contributed by atoms with Crippen LogP contribution in [0.1, 0.15) is 35.4 Å². The van der Waals surface area contributed by atoms with Crippen LogP contribution in [0.5, 0.6) is 0 Å². The van der Waals surface area contributed by atoms with Crippen molar-refractivity contribution in [2.75, 3.05) is 0 Å². The minimum Gasteiger partial charge on any atom is -0.442 e. The Bertz CT molecular complexity index is 742. The molecule has 0 N–H and O–H groups in total. The summed E-state index contributed by atoms with van der Waals surface area (Å²) in [5.41, 5.74) is 0.694. The lowest BCUT2D eigenvalue weighted by atomic mass is 10.1. The number of esters is 3. The third-order valence-electron chi connectivity index (χ3n) is 3.14. The van der Waals surface area contributed by atoms with E-state index in [9.17, 15) is 14.4 Å². The molecule has 24 heavy (non-hydrogen) atoms. The van der Waals surface area contributed by atoms with Crippen LogP contribution in [0.4, 0.5) is 0 Å². The summed E-state index contributed by atoms with van der Waals surface area (Å²) in [4.78, 5) is 36.0. The first-order chi connectivity index (χ1) is 11.5. The number of hydrogen-bond acceptors (Lipinski definition) is 5. The maximum atomic E-state index is 12.4. The van der Waals surface area contributed by atoms with Gasteiger partial charge in [-0.3, -0.25) is 4.79 Å². The number of halogens is 1. The lowest BCUT2D eigenvalue weighted by molar-refractivity contribution is -0.166. The van der Waals surface area contributed by atoms with Crippen LogP contribution < -0.4 is 0 Å². The van der Waals surface area contributed by atoms with E-state index in [1.807, 2.05) is 0 Å². The molecule has 2 aromatic carbocycles. The van der Waals surface area contributed by atoms with Crippen molar-refractivity contribution in [3.8, 4) is 0 Å². The Morgan fingerprint density at radius 2 is 1.62 bits per heavy atom. The summed E-state index contributed by atoms with van der Waals surface area (Å²) in [6, 6.07) is 15.1. The molecule has 2 rings (SSSR count). The van der Waals surface area contributed by atoms with Crippen molar-refractivity contribution in [3.05, 3.63) is 70.2 Å². The molecule has 0 fully saturated rings. The molecule has 0 radical (unpaired) electrons. The molecule has 0 amide bonds. The molecule has 0 heterocycles. The highest BCUT2D eigenvalue weighted by molar-refractivity contribution is 9.10. The lowest BCUT2D eigenvalue weighted by Crippen LogP contribution is -2.24. The van der Waals surface area contributed by atoms with E-state index in [0.717, 1.165) is 0 Å². The number of hydrogen-bond donors (Lipinski definition) is 0. The van der Waals surface area contributed by atoms with Crippen molar-refractivity contribution in [3.63, 3.8) is 0 Å². The van der Waals surface area contributed by atoms with Crippen LogP contribution in [0.25, 0.3) is 0 Å². The van der Waals surface area contributed by atoms with Gasteiger partial charge in [-0.1, -0.05) is 49.4 Å². The van der Waals surface area contributed by atoms with Crippen LogP contribution >= 0.6 is 15.9 Å². The average Bonchev–Trinajstić information content (AvgIpc) is 2.60. The Hall–Kier alpha value is -2.47. The van der Waals surface area contributed by atoms with Gasteiger partial charge in [-0.05, 0) is 28.1 Å². The topological polar surface area (TPSA) is 69.7 Å². The molecule has 0 aliphatic rings. The fourth-order valence-corrected chi connectivity index (χ4v) is 2.36. The largest absolute Gasteiger partial charge is 0.442 e. The summed E-state index contributed by atoms with van der Waals surface area (Å²) in [5, 5.41) is 0. The number of carbonyl (C=O) groups excluding carboxylic acids is 3. The molecule has 0 aliphatic heterocycles. The molecule has 124 valence electrons. The van der Waals surface area contributed by atoms with E-state index < -0.39 is 24.0 Å². The zero-order valence-corrected chi connectivity index (χ0v) is 14.5. The van der Waals surface area contributed by atoms with Gasteiger partial charge in [0.2, 0.25) is 6.10 Å². The second-order valence-electron chi connectivity index (χ2n) is 4.82. The number of ether oxygens (including phenoxy) is 2. The second-order valence-corrected chi connectivity index (χ2v) is 5.68. The highest BCUT2D eigenvalue weighted by Gasteiger charge is 2.29. The summed E-state index contributed by atoms with van der Waals surface area (Å²) in [5.74, 6) is -2.30. The van der Waals surface area contributed by atoms with E-state index in [4.69, 9.17) is 9.47 Å². The van der Waals surface area contributed by atoms with E-state index >= 15 is 0 Å². The van der Waals surface area contributed by atoms with Gasteiger partial charge < -0.3 is 9.47 Å². The average molecular weight is 391 g/mol. The highest BCUT2D eigenvalue weighted by atomic mass is 79.9. The van der Waals surface area contributed by atoms with Gasteiger partial charge in [0.15, 0.2) is 0 Å². The Morgan fingerprint density at radius 3 is 2.25 bits per heavy atom. The Morgan fingerprint density at radius 1 is 1.00 bits per heavy atom. The summed E-state index contributed by atoms with van der Waals surface area (Å²) in [6.45, 7) is 1.57. The second kappa shape index (κ2) is 8.40. The first kappa shape index (κ1) is 17.9. The van der Waals surface area contributed by atoms with Gasteiger partial charge in [0.25, 0.3) is 0 Å². The summed E-state index contributed by atoms with van der Waals surface area (Å²) in [7, 11) is 0. The summed E-state index contributed by atoms with van der Waals surface area (Å²) < 4.78 is 10.6. The molecule has 1 atom stereocenters. The van der Waals surface area contributed by atoms with Crippen LogP contribution in [0, 0.1) is 0 Å². The van der Waals surface area contributed by atoms with Crippen molar-refractivity contribution in [2.24, 2.45) is 0 Å². The Kier molecular flexibility index (Phi) is 6.26. The van der Waals surface area contributed by atoms with E-state index in [-0.39, 0.29) is 12.0 Å². The Labute approximate surface area is 147 Å². The maximum absolute atomic E-state index is 12.4. The molecule has 0 bridgehead atoms. The third-order valence-corrected chi connectivity index (χ3v) is 3.83. The van der Waals surface area contributed by atoms with Gasteiger partial charge in [-0.2, -0.15) is 0 Å². The van der Waals surface area contributed by atoms with Gasteiger partial charge in [0, 0.05) is 16.5 Å². The van der Waals surface area contributed by atoms with Gasteiger partial charge in [-0.25, -0.2) is 9.59 Å². The van der Waals surface area contributed by atoms with Crippen molar-refractivity contribution >= 4 is 33.8 Å². The monoisotopic (exact) mass is 390 g/mol. The molecular formula is C18H15BrO5. The zero-order chi connectivity index (χ0) is 17.5. The van der Waals surface area contributed by atoms with Crippen molar-refractivity contribution in [1.29, 1.82) is 0 Å². The molecule has 5 nitrogen and oxygen atoms in total. The third kappa shape index (κ3) is 4.52. The van der Waals surface area contributed by atoms with Gasteiger partial charge in [0.1, 0.15) is 0 Å². The predicted molar refractivity (Wildman–Crippen MR) is 90.1 cm³/mol. The lowest BCUT2D eigenvalue weighted by Gasteiger charge is -2.17. The van der Waals surface area contributed by atoms with E-state index in [1.165, 1.54) is 0 Å². The molecular weight excluding hydrogens is 376 g/mol. The number of benzene rings is 2. The fourth-order valence-electron chi connectivity index (χ4n) is 1.92. The first-order valence-corrected chi connectivity index (χ1v) is 8.07. The van der Waals surface area contributed by atoms with Crippen molar-refractivity contribution in [1.82, 2.24) is 0 Å². The SMILES string of the molecule is CCC(=O)OC(=O)C(OC(=O)c1ccccc1Br)c1ccccc1. The Balaban J connectivity index is 2.26. The maximum Gasteiger partial charge on any atom is 0.359 e. The predicted octanol–water partition coefficient (Wildman–Crippen LogP) is 3.83. The minimum absolute atomic E-state index is 0.0471. The van der Waals surface area contributed by atoms with Crippen LogP contribution in [0.2, 0.25) is 0 Å². The summed E-state index contributed by atoms with van der Waals surface area (Å²) in [6.07, 6.45) is -1.27. The molecule has 0 aromatic heterocycles. The number of carbonyl (C=O) groups is 3. The number of rotatable bonds is 5.